The van der Waals surface area contributed by atoms with Crippen LogP contribution in [0, 0.1) is 18.8 Å². The van der Waals surface area contributed by atoms with Crippen molar-refractivity contribution in [3.8, 4) is 11.3 Å². The van der Waals surface area contributed by atoms with E-state index in [-0.39, 0.29) is 35.9 Å². The standard InChI is InChI=1S/C30H32F2N6O3/c1-19-13-24(36-27(14-19)37-26-15-21(28(31)32)9-10-34-26)22-5-8-25(35-16-22)30(2,40)23-6-3-20(4-7-23)29(39)41-18-38-12-11-33-17-38/h5,8-17,20,23,28,40H,3-4,6-7,18H2,1-2H3,(H,34,36,37)/t20-,23-,30-/m1/s1. The maximum Gasteiger partial charge on any atom is 0.310 e. The van der Waals surface area contributed by atoms with Gasteiger partial charge in [0.05, 0.1) is 23.6 Å². The van der Waals surface area contributed by atoms with Crippen molar-refractivity contribution in [2.24, 2.45) is 11.8 Å². The number of alkyl halides is 2. The first-order chi connectivity index (χ1) is 19.7. The van der Waals surface area contributed by atoms with Gasteiger partial charge in [0, 0.05) is 35.9 Å². The van der Waals surface area contributed by atoms with Crippen molar-refractivity contribution in [1.29, 1.82) is 0 Å². The Bertz CT molecular complexity index is 1470. The van der Waals surface area contributed by atoms with Crippen molar-refractivity contribution < 1.29 is 23.4 Å². The summed E-state index contributed by atoms with van der Waals surface area (Å²) in [6.45, 7) is 3.82. The zero-order valence-corrected chi connectivity index (χ0v) is 22.9. The summed E-state index contributed by atoms with van der Waals surface area (Å²) >= 11 is 0. The lowest BCUT2D eigenvalue weighted by Crippen LogP contribution is -2.37. The van der Waals surface area contributed by atoms with E-state index in [2.05, 4.69) is 25.3 Å². The van der Waals surface area contributed by atoms with E-state index in [0.29, 0.717) is 42.9 Å². The number of pyridine rings is 3. The number of nitrogens with zero attached hydrogens (tertiary/aromatic N) is 5. The van der Waals surface area contributed by atoms with Gasteiger partial charge < -0.3 is 19.7 Å². The van der Waals surface area contributed by atoms with Gasteiger partial charge in [-0.1, -0.05) is 0 Å². The Kier molecular flexibility index (Phi) is 8.34. The second-order valence-corrected chi connectivity index (χ2v) is 10.6. The van der Waals surface area contributed by atoms with Gasteiger partial charge in [0.15, 0.2) is 6.73 Å². The molecule has 5 rings (SSSR count). The molecule has 1 fully saturated rings. The normalized spacial score (nSPS) is 18.6. The van der Waals surface area contributed by atoms with Gasteiger partial charge in [-0.25, -0.2) is 23.7 Å². The average molecular weight is 563 g/mol. The number of carbonyl (C=O) groups excluding carboxylic acids is 1. The molecule has 0 amide bonds. The molecule has 4 aromatic rings. The van der Waals surface area contributed by atoms with Gasteiger partial charge in [0.2, 0.25) is 0 Å². The summed E-state index contributed by atoms with van der Waals surface area (Å²) in [6, 6.07) is 9.93. The molecule has 4 heterocycles. The van der Waals surface area contributed by atoms with Gasteiger partial charge in [-0.15, -0.1) is 0 Å². The summed E-state index contributed by atoms with van der Waals surface area (Å²) in [7, 11) is 0. The molecule has 214 valence electrons. The van der Waals surface area contributed by atoms with E-state index >= 15 is 0 Å². The molecule has 0 radical (unpaired) electrons. The summed E-state index contributed by atoms with van der Waals surface area (Å²) in [5.41, 5.74) is 1.56. The molecular weight excluding hydrogens is 530 g/mol. The van der Waals surface area contributed by atoms with Crippen LogP contribution in [-0.4, -0.2) is 35.6 Å². The minimum Gasteiger partial charge on any atom is -0.444 e. The summed E-state index contributed by atoms with van der Waals surface area (Å²) in [5, 5.41) is 14.5. The number of halogens is 2. The topological polar surface area (TPSA) is 115 Å². The molecule has 0 spiro atoms. The number of aromatic nitrogens is 5. The van der Waals surface area contributed by atoms with Crippen molar-refractivity contribution in [3.05, 3.63) is 84.3 Å². The van der Waals surface area contributed by atoms with Crippen molar-refractivity contribution >= 4 is 17.6 Å². The molecule has 11 heteroatoms. The number of nitrogens with one attached hydrogen (secondary N) is 1. The van der Waals surface area contributed by atoms with Crippen molar-refractivity contribution in [2.45, 2.75) is 58.3 Å². The molecular formula is C30H32F2N6O3. The predicted octanol–water partition coefficient (Wildman–Crippen LogP) is 5.94. The molecule has 1 aliphatic rings. The van der Waals surface area contributed by atoms with Crippen LogP contribution in [0.4, 0.5) is 20.4 Å². The number of aliphatic hydroxyl groups is 1. The maximum atomic E-state index is 13.1. The number of esters is 1. The maximum absolute atomic E-state index is 13.1. The van der Waals surface area contributed by atoms with Gasteiger partial charge in [0.25, 0.3) is 6.43 Å². The first kappa shape index (κ1) is 28.3. The van der Waals surface area contributed by atoms with Crippen molar-refractivity contribution in [3.63, 3.8) is 0 Å². The lowest BCUT2D eigenvalue weighted by molar-refractivity contribution is -0.155. The number of imidazole rings is 1. The zero-order valence-electron chi connectivity index (χ0n) is 22.9. The highest BCUT2D eigenvalue weighted by molar-refractivity contribution is 5.72. The monoisotopic (exact) mass is 562 g/mol. The van der Waals surface area contributed by atoms with Crippen molar-refractivity contribution in [1.82, 2.24) is 24.5 Å². The van der Waals surface area contributed by atoms with Crippen LogP contribution < -0.4 is 5.32 Å². The number of hydrogen-bond donors (Lipinski definition) is 2. The van der Waals surface area contributed by atoms with Crippen LogP contribution in [0.3, 0.4) is 0 Å². The van der Waals surface area contributed by atoms with E-state index in [1.54, 1.807) is 48.5 Å². The number of rotatable bonds is 9. The molecule has 0 bridgehead atoms. The number of aryl methyl sites for hydroxylation is 1. The van der Waals surface area contributed by atoms with E-state index in [4.69, 9.17) is 4.74 Å². The van der Waals surface area contributed by atoms with E-state index < -0.39 is 12.0 Å². The van der Waals surface area contributed by atoms with E-state index in [1.165, 1.54) is 18.3 Å². The lowest BCUT2D eigenvalue weighted by atomic mass is 9.73. The highest BCUT2D eigenvalue weighted by Gasteiger charge is 2.39. The smallest absolute Gasteiger partial charge is 0.310 e. The number of carbonyl (C=O) groups is 1. The van der Waals surface area contributed by atoms with Crippen LogP contribution >= 0.6 is 0 Å². The van der Waals surface area contributed by atoms with Crippen molar-refractivity contribution in [2.75, 3.05) is 5.32 Å². The minimum absolute atomic E-state index is 0.0528. The average Bonchev–Trinajstić information content (AvgIpc) is 3.50. The molecule has 1 atom stereocenters. The SMILES string of the molecule is Cc1cc(Nc2cc(C(F)F)ccn2)nc(-c2ccc([C@](C)(O)[C@H]3CC[C@H](C(=O)OCn4ccnc4)CC3)nc2)c1. The van der Waals surface area contributed by atoms with Crippen LogP contribution in [0.25, 0.3) is 11.3 Å². The Morgan fingerprint density at radius 1 is 1.12 bits per heavy atom. The largest absolute Gasteiger partial charge is 0.444 e. The fourth-order valence-corrected chi connectivity index (χ4v) is 5.23. The molecule has 1 saturated carbocycles. The second kappa shape index (κ2) is 12.1. The third-order valence-electron chi connectivity index (χ3n) is 7.61. The van der Waals surface area contributed by atoms with Crippen LogP contribution in [0.2, 0.25) is 0 Å². The Balaban J connectivity index is 1.22. The molecule has 4 aromatic heterocycles. The van der Waals surface area contributed by atoms with Crippen LogP contribution in [0.1, 0.15) is 55.9 Å². The molecule has 0 unspecified atom stereocenters. The van der Waals surface area contributed by atoms with Crippen LogP contribution in [0.15, 0.2) is 67.5 Å². The van der Waals surface area contributed by atoms with Gasteiger partial charge in [-0.2, -0.15) is 0 Å². The molecule has 9 nitrogen and oxygen atoms in total. The summed E-state index contributed by atoms with van der Waals surface area (Å²) in [5.74, 6) is 0.274. The summed E-state index contributed by atoms with van der Waals surface area (Å²) in [6.07, 6.45) is 8.00. The highest BCUT2D eigenvalue weighted by atomic mass is 19.3. The Hall–Kier alpha value is -4.25. The third-order valence-corrected chi connectivity index (χ3v) is 7.61. The second-order valence-electron chi connectivity index (χ2n) is 10.6. The fraction of sp³-hybridized carbons (Fsp3) is 0.367. The molecule has 2 N–H and O–H groups in total. The van der Waals surface area contributed by atoms with Crippen LogP contribution in [0.5, 0.6) is 0 Å². The van der Waals surface area contributed by atoms with Crippen LogP contribution in [-0.2, 0) is 21.9 Å². The summed E-state index contributed by atoms with van der Waals surface area (Å²) < 4.78 is 33.3. The number of anilines is 2. The fourth-order valence-electron chi connectivity index (χ4n) is 5.23. The van der Waals surface area contributed by atoms with Gasteiger partial charge in [-0.3, -0.25) is 9.78 Å². The minimum atomic E-state index is -2.59. The van der Waals surface area contributed by atoms with Gasteiger partial charge in [-0.05, 0) is 87.4 Å². The Morgan fingerprint density at radius 2 is 1.93 bits per heavy atom. The first-order valence-corrected chi connectivity index (χ1v) is 13.5. The first-order valence-electron chi connectivity index (χ1n) is 13.5. The molecule has 0 aliphatic heterocycles. The Morgan fingerprint density at radius 3 is 2.61 bits per heavy atom. The lowest BCUT2D eigenvalue weighted by Gasteiger charge is -2.37. The Labute approximate surface area is 236 Å². The van der Waals surface area contributed by atoms with Gasteiger partial charge in [0.1, 0.15) is 17.2 Å². The summed E-state index contributed by atoms with van der Waals surface area (Å²) in [4.78, 5) is 29.8. The molecule has 41 heavy (non-hydrogen) atoms. The third kappa shape index (κ3) is 6.74. The molecule has 1 aliphatic carbocycles. The van der Waals surface area contributed by atoms with Gasteiger partial charge >= 0.3 is 5.97 Å². The van der Waals surface area contributed by atoms with E-state index in [1.807, 2.05) is 19.1 Å². The van der Waals surface area contributed by atoms with E-state index in [9.17, 15) is 18.7 Å². The quantitative estimate of drug-likeness (QED) is 0.241. The number of ether oxygens (including phenoxy) is 1. The number of hydrogen-bond acceptors (Lipinski definition) is 8. The predicted molar refractivity (Wildman–Crippen MR) is 148 cm³/mol. The molecule has 0 aromatic carbocycles. The van der Waals surface area contributed by atoms with E-state index in [0.717, 1.165) is 11.1 Å². The zero-order chi connectivity index (χ0) is 29.0. The highest BCUT2D eigenvalue weighted by Crippen LogP contribution is 2.41. The molecule has 0 saturated heterocycles.